The Balaban J connectivity index is 1.33. The van der Waals surface area contributed by atoms with Gasteiger partial charge in [0.1, 0.15) is 11.5 Å². The van der Waals surface area contributed by atoms with Gasteiger partial charge in [-0.25, -0.2) is 10.4 Å². The Morgan fingerprint density at radius 1 is 0.920 bits per heavy atom. The van der Waals surface area contributed by atoms with Crippen LogP contribution in [0.3, 0.4) is 0 Å². The summed E-state index contributed by atoms with van der Waals surface area (Å²) in [4.78, 5) is 22.0. The number of benzene rings is 5. The number of hydrogen-bond donors (Lipinski definition) is 3. The molecule has 0 aromatic heterocycles. The predicted octanol–water partition coefficient (Wildman–Crippen LogP) is 7.69. The zero-order chi connectivity index (χ0) is 34.8. The number of halogens is 1. The summed E-state index contributed by atoms with van der Waals surface area (Å²) in [6.45, 7) is 0.865. The number of hydrogen-bond acceptors (Lipinski definition) is 8. The zero-order valence-corrected chi connectivity index (χ0v) is 30.0. The van der Waals surface area contributed by atoms with Gasteiger partial charge in [0.15, 0.2) is 11.6 Å². The van der Waals surface area contributed by atoms with Crippen LogP contribution in [0.25, 0.3) is 0 Å². The first-order valence-electron chi connectivity index (χ1n) is 16.3. The fraction of sp³-hybridized carbons (Fsp3) is 0.200. The molecular weight excluding hydrogens is 714 g/mol. The van der Waals surface area contributed by atoms with Crippen LogP contribution in [0, 0.1) is 0 Å². The highest BCUT2D eigenvalue weighted by molar-refractivity contribution is 9.10. The number of rotatable bonds is 15. The first-order chi connectivity index (χ1) is 24.5. The molecule has 1 heterocycles. The highest BCUT2D eigenvalue weighted by Gasteiger charge is 2.53. The largest absolute Gasteiger partial charge is 0.497 e. The van der Waals surface area contributed by atoms with Crippen LogP contribution in [-0.4, -0.2) is 42.8 Å². The van der Waals surface area contributed by atoms with Crippen molar-refractivity contribution in [2.24, 2.45) is 4.99 Å². The van der Waals surface area contributed by atoms with E-state index in [2.05, 4.69) is 45.0 Å². The highest BCUT2D eigenvalue weighted by atomic mass is 79.9. The number of carbonyl (C=O) groups excluding carboxylic acids is 1. The average molecular weight is 753 g/mol. The van der Waals surface area contributed by atoms with E-state index in [0.717, 1.165) is 31.0 Å². The van der Waals surface area contributed by atoms with Crippen LogP contribution in [0.15, 0.2) is 147 Å². The number of amides is 1. The molecule has 1 aliphatic heterocycles. The summed E-state index contributed by atoms with van der Waals surface area (Å²) in [5.41, 5.74) is 8.24. The molecular formula is C40H38BrN3O5S. The third-order valence-corrected chi connectivity index (χ3v) is 9.89. The number of aliphatic imine (C=N–C) groups is 1. The summed E-state index contributed by atoms with van der Waals surface area (Å²) < 4.78 is 18.9. The molecule has 6 rings (SSSR count). The minimum Gasteiger partial charge on any atom is -0.497 e. The third kappa shape index (κ3) is 8.57. The first kappa shape index (κ1) is 35.2. The minimum absolute atomic E-state index is 0.0604. The second-order valence-electron chi connectivity index (χ2n) is 11.7. The van der Waals surface area contributed by atoms with Gasteiger partial charge in [0.05, 0.1) is 13.7 Å². The van der Waals surface area contributed by atoms with Crippen LogP contribution in [0.1, 0.15) is 34.8 Å². The van der Waals surface area contributed by atoms with Crippen molar-refractivity contribution in [1.82, 2.24) is 10.9 Å². The first-order valence-corrected chi connectivity index (χ1v) is 17.9. The Labute approximate surface area is 305 Å². The van der Waals surface area contributed by atoms with E-state index in [4.69, 9.17) is 24.3 Å². The SMILES string of the molecule is COc1cccc([C@@H]2OC(c3ccc(OCCCO)cc3)=N[C@]2(Cc2ccc(Br)cc2)C(=O)NNCc2ccccc2Sc2ccccc2)c1. The number of carbonyl (C=O) groups is 1. The van der Waals surface area contributed by atoms with Crippen molar-refractivity contribution in [3.8, 4) is 11.5 Å². The molecule has 0 fully saturated rings. The number of ether oxygens (including phenoxy) is 3. The Bertz CT molecular complexity index is 1910. The van der Waals surface area contributed by atoms with Gasteiger partial charge in [0, 0.05) is 45.8 Å². The van der Waals surface area contributed by atoms with Gasteiger partial charge in [-0.3, -0.25) is 10.2 Å². The van der Waals surface area contributed by atoms with E-state index in [1.54, 1.807) is 18.9 Å². The molecule has 0 radical (unpaired) electrons. The molecule has 256 valence electrons. The standard InChI is InChI=1S/C40H38BrN3O5S/c1-47-34-11-7-10-30(25-34)37-40(26-28-15-19-32(41)20-16-28,43-38(49-37)29-17-21-33(22-18-29)48-24-8-23-45)39(46)44-42-27-31-9-5-6-14-36(31)50-35-12-3-2-4-13-35/h2-7,9-22,25,37,42,45H,8,23-24,26-27H2,1H3,(H,44,46)/t37-,40-/m0/s1. The molecule has 3 N–H and O–H groups in total. The smallest absolute Gasteiger partial charge is 0.266 e. The van der Waals surface area contributed by atoms with Gasteiger partial charge in [0.25, 0.3) is 5.91 Å². The number of hydrazine groups is 1. The lowest BCUT2D eigenvalue weighted by atomic mass is 9.82. The van der Waals surface area contributed by atoms with E-state index >= 15 is 0 Å². The number of nitrogens with zero attached hydrogens (tertiary/aromatic N) is 1. The van der Waals surface area contributed by atoms with Crippen molar-refractivity contribution in [2.75, 3.05) is 20.3 Å². The van der Waals surface area contributed by atoms with E-state index in [9.17, 15) is 4.79 Å². The Hall–Kier alpha value is -4.61. The zero-order valence-electron chi connectivity index (χ0n) is 27.6. The molecule has 10 heteroatoms. The molecule has 0 saturated carbocycles. The Morgan fingerprint density at radius 2 is 1.68 bits per heavy atom. The number of aliphatic hydroxyl groups excluding tert-OH is 1. The van der Waals surface area contributed by atoms with Crippen molar-refractivity contribution >= 4 is 39.5 Å². The molecule has 1 amide bonds. The topological polar surface area (TPSA) is 101 Å². The Morgan fingerprint density at radius 3 is 2.44 bits per heavy atom. The molecule has 50 heavy (non-hydrogen) atoms. The lowest BCUT2D eigenvalue weighted by Gasteiger charge is -2.31. The number of aliphatic hydroxyl groups is 1. The fourth-order valence-corrected chi connectivity index (χ4v) is 6.92. The van der Waals surface area contributed by atoms with E-state index in [1.165, 1.54) is 0 Å². The van der Waals surface area contributed by atoms with Gasteiger partial charge in [-0.15, -0.1) is 0 Å². The molecule has 0 unspecified atom stereocenters. The van der Waals surface area contributed by atoms with Gasteiger partial charge in [0.2, 0.25) is 5.90 Å². The second kappa shape index (κ2) is 16.9. The minimum atomic E-state index is -1.39. The molecule has 2 atom stereocenters. The van der Waals surface area contributed by atoms with Crippen LogP contribution in [0.4, 0.5) is 0 Å². The van der Waals surface area contributed by atoms with Crippen molar-refractivity contribution in [3.63, 3.8) is 0 Å². The fourth-order valence-electron chi connectivity index (χ4n) is 5.69. The maximum atomic E-state index is 14.7. The molecule has 0 saturated heterocycles. The lowest BCUT2D eigenvalue weighted by Crippen LogP contribution is -2.53. The normalized spacial score (nSPS) is 16.7. The van der Waals surface area contributed by atoms with Crippen LogP contribution in [0.5, 0.6) is 11.5 Å². The van der Waals surface area contributed by atoms with Crippen molar-refractivity contribution in [1.29, 1.82) is 0 Å². The van der Waals surface area contributed by atoms with Gasteiger partial charge in [-0.2, -0.15) is 0 Å². The van der Waals surface area contributed by atoms with E-state index in [-0.39, 0.29) is 18.9 Å². The molecule has 5 aromatic rings. The monoisotopic (exact) mass is 751 g/mol. The maximum absolute atomic E-state index is 14.7. The quantitative estimate of drug-likeness (QED) is 0.0745. The highest BCUT2D eigenvalue weighted by Crippen LogP contribution is 2.43. The predicted molar refractivity (Wildman–Crippen MR) is 200 cm³/mol. The summed E-state index contributed by atoms with van der Waals surface area (Å²) in [7, 11) is 1.61. The molecule has 8 nitrogen and oxygen atoms in total. The summed E-state index contributed by atoms with van der Waals surface area (Å²) in [5, 5.41) is 9.11. The van der Waals surface area contributed by atoms with Crippen LogP contribution in [0.2, 0.25) is 0 Å². The third-order valence-electron chi connectivity index (χ3n) is 8.24. The summed E-state index contributed by atoms with van der Waals surface area (Å²) in [6.07, 6.45) is 0.0282. The number of methoxy groups -OCH3 is 1. The second-order valence-corrected chi connectivity index (χ2v) is 13.7. The Kier molecular flexibility index (Phi) is 11.9. The van der Waals surface area contributed by atoms with Gasteiger partial charge in [-0.05, 0) is 83.4 Å². The summed E-state index contributed by atoms with van der Waals surface area (Å²) >= 11 is 5.21. The number of nitrogens with one attached hydrogen (secondary N) is 2. The van der Waals surface area contributed by atoms with Gasteiger partial charge in [-0.1, -0.05) is 88.4 Å². The molecule has 0 spiro atoms. The van der Waals surface area contributed by atoms with E-state index < -0.39 is 11.6 Å². The van der Waals surface area contributed by atoms with Crippen molar-refractivity contribution in [2.45, 2.75) is 40.8 Å². The summed E-state index contributed by atoms with van der Waals surface area (Å²) in [5.74, 6) is 1.32. The van der Waals surface area contributed by atoms with Crippen LogP contribution < -0.4 is 20.3 Å². The maximum Gasteiger partial charge on any atom is 0.266 e. The van der Waals surface area contributed by atoms with Crippen LogP contribution in [-0.2, 0) is 22.5 Å². The van der Waals surface area contributed by atoms with Gasteiger partial charge < -0.3 is 19.3 Å². The van der Waals surface area contributed by atoms with Gasteiger partial charge >= 0.3 is 0 Å². The van der Waals surface area contributed by atoms with Crippen molar-refractivity contribution in [3.05, 3.63) is 154 Å². The van der Waals surface area contributed by atoms with Crippen LogP contribution >= 0.6 is 27.7 Å². The van der Waals surface area contributed by atoms with Crippen molar-refractivity contribution < 1.29 is 24.1 Å². The lowest BCUT2D eigenvalue weighted by molar-refractivity contribution is -0.130. The van der Waals surface area contributed by atoms with E-state index in [0.29, 0.717) is 42.5 Å². The molecule has 1 aliphatic rings. The average Bonchev–Trinajstić information content (AvgIpc) is 3.54. The summed E-state index contributed by atoms with van der Waals surface area (Å²) in [6, 6.07) is 41.2. The van der Waals surface area contributed by atoms with E-state index in [1.807, 2.05) is 109 Å². The molecule has 5 aromatic carbocycles. The molecule has 0 bridgehead atoms. The molecule has 0 aliphatic carbocycles.